The van der Waals surface area contributed by atoms with E-state index >= 15 is 0 Å². The molecule has 3 aromatic rings. The molecule has 1 N–H and O–H groups in total. The summed E-state index contributed by atoms with van der Waals surface area (Å²) in [6.45, 7) is 10.7. The lowest BCUT2D eigenvalue weighted by Crippen LogP contribution is -2.18. The van der Waals surface area contributed by atoms with Crippen molar-refractivity contribution < 1.29 is 9.53 Å². The van der Waals surface area contributed by atoms with E-state index in [1.807, 2.05) is 54.1 Å². The number of carbonyl (C=O) groups is 1. The fourth-order valence-corrected chi connectivity index (χ4v) is 4.52. The predicted molar refractivity (Wildman–Crippen MR) is 147 cm³/mol. The van der Waals surface area contributed by atoms with Crippen molar-refractivity contribution in [2.45, 2.75) is 46.7 Å². The molecule has 1 aliphatic heterocycles. The second-order valence-corrected chi connectivity index (χ2v) is 10.3. The van der Waals surface area contributed by atoms with Gasteiger partial charge in [-0.05, 0) is 74.7 Å². The second kappa shape index (κ2) is 12.6. The van der Waals surface area contributed by atoms with Gasteiger partial charge in [-0.25, -0.2) is 0 Å². The topological polar surface area (TPSA) is 59.4 Å². The SMILES string of the molecule is Cc1cc(NC(=O)c2ccc(CN3CCCC3)cc2)nn1Cc1cc(Br)ccc1OCC(C)C.Cl. The van der Waals surface area contributed by atoms with Crippen molar-refractivity contribution in [1.29, 1.82) is 0 Å². The van der Waals surface area contributed by atoms with Crippen LogP contribution in [-0.4, -0.2) is 40.3 Å². The van der Waals surface area contributed by atoms with Crippen molar-refractivity contribution in [3.05, 3.63) is 75.4 Å². The van der Waals surface area contributed by atoms with Crippen LogP contribution in [0.5, 0.6) is 5.75 Å². The number of aryl methyl sites for hydroxylation is 1. The molecular formula is C27H34BrClN4O2. The summed E-state index contributed by atoms with van der Waals surface area (Å²) < 4.78 is 8.89. The largest absolute Gasteiger partial charge is 0.493 e. The van der Waals surface area contributed by atoms with Gasteiger partial charge in [-0.1, -0.05) is 41.9 Å². The first-order valence-electron chi connectivity index (χ1n) is 12.0. The van der Waals surface area contributed by atoms with E-state index in [0.717, 1.165) is 41.1 Å². The Morgan fingerprint density at radius 3 is 2.49 bits per heavy atom. The molecule has 0 aliphatic carbocycles. The lowest BCUT2D eigenvalue weighted by atomic mass is 10.1. The molecule has 6 nitrogen and oxygen atoms in total. The van der Waals surface area contributed by atoms with E-state index in [4.69, 9.17) is 4.74 Å². The Morgan fingerprint density at radius 2 is 1.80 bits per heavy atom. The van der Waals surface area contributed by atoms with E-state index in [2.05, 4.69) is 51.2 Å². The summed E-state index contributed by atoms with van der Waals surface area (Å²) in [4.78, 5) is 15.3. The van der Waals surface area contributed by atoms with E-state index in [-0.39, 0.29) is 18.3 Å². The van der Waals surface area contributed by atoms with Crippen LogP contribution in [0.3, 0.4) is 0 Å². The smallest absolute Gasteiger partial charge is 0.256 e. The minimum atomic E-state index is -0.152. The predicted octanol–water partition coefficient (Wildman–Crippen LogP) is 6.31. The molecular weight excluding hydrogens is 528 g/mol. The Kier molecular flexibility index (Phi) is 9.78. The summed E-state index contributed by atoms with van der Waals surface area (Å²) in [5.74, 6) is 1.69. The van der Waals surface area contributed by atoms with Crippen LogP contribution < -0.4 is 10.1 Å². The monoisotopic (exact) mass is 560 g/mol. The Morgan fingerprint density at radius 1 is 1.09 bits per heavy atom. The van der Waals surface area contributed by atoms with Crippen molar-refractivity contribution >= 4 is 40.1 Å². The van der Waals surface area contributed by atoms with Crippen LogP contribution in [0.25, 0.3) is 0 Å². The Labute approximate surface area is 222 Å². The third-order valence-corrected chi connectivity index (χ3v) is 6.45. The number of ether oxygens (including phenoxy) is 1. The number of halogens is 2. The maximum atomic E-state index is 12.8. The summed E-state index contributed by atoms with van der Waals surface area (Å²) in [5, 5.41) is 7.57. The number of carbonyl (C=O) groups excluding carboxylic acids is 1. The molecule has 1 aromatic heterocycles. The number of rotatable bonds is 9. The van der Waals surface area contributed by atoms with Crippen LogP contribution in [0, 0.1) is 12.8 Å². The van der Waals surface area contributed by atoms with Gasteiger partial charge in [0.1, 0.15) is 5.75 Å². The van der Waals surface area contributed by atoms with Gasteiger partial charge < -0.3 is 10.1 Å². The number of amides is 1. The van der Waals surface area contributed by atoms with Gasteiger partial charge in [-0.3, -0.25) is 14.4 Å². The number of aromatic nitrogens is 2. The van der Waals surface area contributed by atoms with Crippen LogP contribution in [0.2, 0.25) is 0 Å². The van der Waals surface area contributed by atoms with Crippen molar-refractivity contribution in [1.82, 2.24) is 14.7 Å². The standard InChI is InChI=1S/C27H33BrN4O2.ClH/c1-19(2)18-34-25-11-10-24(28)15-23(25)17-32-20(3)14-26(30-32)29-27(33)22-8-6-21(7-9-22)16-31-12-4-5-13-31;/h6-11,14-15,19H,4-5,12-13,16-18H2,1-3H3,(H,29,30,33);1H. The average Bonchev–Trinajstić information content (AvgIpc) is 3.43. The average molecular weight is 562 g/mol. The van der Waals surface area contributed by atoms with E-state index < -0.39 is 0 Å². The molecule has 1 saturated heterocycles. The molecule has 1 amide bonds. The van der Waals surface area contributed by atoms with Gasteiger partial charge in [-0.15, -0.1) is 12.4 Å². The van der Waals surface area contributed by atoms with Crippen LogP contribution in [-0.2, 0) is 13.1 Å². The highest BCUT2D eigenvalue weighted by Gasteiger charge is 2.14. The van der Waals surface area contributed by atoms with E-state index in [1.165, 1.54) is 18.4 Å². The van der Waals surface area contributed by atoms with Crippen LogP contribution in [0.1, 0.15) is 53.9 Å². The first-order valence-corrected chi connectivity index (χ1v) is 12.7. The highest BCUT2D eigenvalue weighted by molar-refractivity contribution is 9.10. The summed E-state index contributed by atoms with van der Waals surface area (Å²) in [6.07, 6.45) is 2.56. The first-order chi connectivity index (χ1) is 16.4. The Bertz CT molecular complexity index is 1120. The minimum absolute atomic E-state index is 0. The van der Waals surface area contributed by atoms with Gasteiger partial charge in [0.15, 0.2) is 5.82 Å². The molecule has 0 atom stereocenters. The van der Waals surface area contributed by atoms with Gasteiger partial charge in [0.05, 0.1) is 13.2 Å². The van der Waals surface area contributed by atoms with Gasteiger partial charge in [-0.2, -0.15) is 5.10 Å². The van der Waals surface area contributed by atoms with Gasteiger partial charge >= 0.3 is 0 Å². The molecule has 2 aromatic carbocycles. The van der Waals surface area contributed by atoms with Crippen molar-refractivity contribution in [3.63, 3.8) is 0 Å². The normalized spacial score (nSPS) is 13.6. The Hall–Kier alpha value is -2.35. The fourth-order valence-electron chi connectivity index (χ4n) is 4.11. The fraction of sp³-hybridized carbons (Fsp3) is 0.407. The van der Waals surface area contributed by atoms with Crippen molar-refractivity contribution in [2.24, 2.45) is 5.92 Å². The highest BCUT2D eigenvalue weighted by Crippen LogP contribution is 2.25. The van der Waals surface area contributed by atoms with E-state index in [9.17, 15) is 4.79 Å². The highest BCUT2D eigenvalue weighted by atomic mass is 79.9. The molecule has 1 fully saturated rings. The molecule has 35 heavy (non-hydrogen) atoms. The van der Waals surface area contributed by atoms with Crippen LogP contribution >= 0.6 is 28.3 Å². The second-order valence-electron chi connectivity index (χ2n) is 9.42. The van der Waals surface area contributed by atoms with Gasteiger partial charge in [0.25, 0.3) is 5.91 Å². The van der Waals surface area contributed by atoms with E-state index in [0.29, 0.717) is 30.5 Å². The molecule has 0 bridgehead atoms. The van der Waals surface area contributed by atoms with Crippen LogP contribution in [0.15, 0.2) is 53.0 Å². The number of benzene rings is 2. The third-order valence-electron chi connectivity index (χ3n) is 5.96. The van der Waals surface area contributed by atoms with Gasteiger partial charge in [0, 0.05) is 33.9 Å². The Balaban J connectivity index is 0.00000342. The number of nitrogens with one attached hydrogen (secondary N) is 1. The zero-order valence-electron chi connectivity index (χ0n) is 20.6. The molecule has 0 spiro atoms. The summed E-state index contributed by atoms with van der Waals surface area (Å²) in [6, 6.07) is 15.8. The summed E-state index contributed by atoms with van der Waals surface area (Å²) in [7, 11) is 0. The minimum Gasteiger partial charge on any atom is -0.493 e. The first kappa shape index (κ1) is 27.2. The quantitative estimate of drug-likeness (QED) is 0.333. The molecule has 8 heteroatoms. The summed E-state index contributed by atoms with van der Waals surface area (Å²) >= 11 is 3.56. The maximum absolute atomic E-state index is 12.8. The molecule has 0 radical (unpaired) electrons. The van der Waals surface area contributed by atoms with Crippen molar-refractivity contribution in [2.75, 3.05) is 25.0 Å². The molecule has 0 saturated carbocycles. The number of anilines is 1. The summed E-state index contributed by atoms with van der Waals surface area (Å²) in [5.41, 5.74) is 3.87. The lowest BCUT2D eigenvalue weighted by molar-refractivity contribution is 0.102. The van der Waals surface area contributed by atoms with Crippen molar-refractivity contribution in [3.8, 4) is 5.75 Å². The zero-order chi connectivity index (χ0) is 24.1. The number of hydrogen-bond donors (Lipinski definition) is 1. The molecule has 1 aliphatic rings. The van der Waals surface area contributed by atoms with E-state index in [1.54, 1.807) is 0 Å². The zero-order valence-corrected chi connectivity index (χ0v) is 23.0. The number of hydrogen-bond acceptors (Lipinski definition) is 4. The number of nitrogens with zero attached hydrogens (tertiary/aromatic N) is 3. The lowest BCUT2D eigenvalue weighted by Gasteiger charge is -2.14. The molecule has 4 rings (SSSR count). The maximum Gasteiger partial charge on any atom is 0.256 e. The molecule has 0 unspecified atom stereocenters. The third kappa shape index (κ3) is 7.56. The van der Waals surface area contributed by atoms with Crippen LogP contribution in [0.4, 0.5) is 5.82 Å². The van der Waals surface area contributed by atoms with Gasteiger partial charge in [0.2, 0.25) is 0 Å². The molecule has 188 valence electrons. The molecule has 2 heterocycles. The number of likely N-dealkylation sites (tertiary alicyclic amines) is 1.